The Labute approximate surface area is 137 Å². The molecule has 24 heavy (non-hydrogen) atoms. The molecule has 1 aromatic carbocycles. The standard InChI is InChI=1S/C18H16N2O4/c1-24-12-2-9-3-14-13-4-10(7-21)11(8-22)5-15(13)18(23)20-17(14)16(9)19-6-12/h2,4-6,21-22H,3,7-8H2,1H3,(H,20,23). The summed E-state index contributed by atoms with van der Waals surface area (Å²) in [4.78, 5) is 19.8. The minimum absolute atomic E-state index is 0.188. The van der Waals surface area contributed by atoms with Crippen molar-refractivity contribution in [3.05, 3.63) is 57.0 Å². The fourth-order valence-corrected chi connectivity index (χ4v) is 3.35. The number of hydrogen-bond acceptors (Lipinski definition) is 5. The smallest absolute Gasteiger partial charge is 0.256 e. The number of aromatic nitrogens is 2. The van der Waals surface area contributed by atoms with Gasteiger partial charge < -0.3 is 19.9 Å². The number of H-pyrrole nitrogens is 1. The maximum Gasteiger partial charge on any atom is 0.256 e. The van der Waals surface area contributed by atoms with Gasteiger partial charge in [0.15, 0.2) is 0 Å². The molecule has 1 aliphatic rings. The van der Waals surface area contributed by atoms with E-state index in [2.05, 4.69) is 9.97 Å². The van der Waals surface area contributed by atoms with Crippen LogP contribution in [0.5, 0.6) is 5.75 Å². The van der Waals surface area contributed by atoms with Gasteiger partial charge in [-0.25, -0.2) is 0 Å². The van der Waals surface area contributed by atoms with E-state index in [1.165, 1.54) is 0 Å². The summed E-state index contributed by atoms with van der Waals surface area (Å²) < 4.78 is 5.22. The molecule has 0 fully saturated rings. The van der Waals surface area contributed by atoms with Crippen molar-refractivity contribution in [1.29, 1.82) is 0 Å². The van der Waals surface area contributed by atoms with E-state index in [1.807, 2.05) is 6.07 Å². The van der Waals surface area contributed by atoms with Crippen molar-refractivity contribution < 1.29 is 14.9 Å². The molecule has 2 aromatic heterocycles. The van der Waals surface area contributed by atoms with Gasteiger partial charge in [0.1, 0.15) is 5.75 Å². The second kappa shape index (κ2) is 5.43. The lowest BCUT2D eigenvalue weighted by Gasteiger charge is -2.10. The molecule has 3 N–H and O–H groups in total. The Morgan fingerprint density at radius 2 is 1.88 bits per heavy atom. The Morgan fingerprint density at radius 1 is 1.17 bits per heavy atom. The number of nitrogens with zero attached hydrogens (tertiary/aromatic N) is 1. The van der Waals surface area contributed by atoms with Crippen molar-refractivity contribution in [1.82, 2.24) is 9.97 Å². The number of aromatic amines is 1. The van der Waals surface area contributed by atoms with E-state index < -0.39 is 0 Å². The summed E-state index contributed by atoms with van der Waals surface area (Å²) >= 11 is 0. The summed E-state index contributed by atoms with van der Waals surface area (Å²) in [7, 11) is 1.59. The van der Waals surface area contributed by atoms with E-state index >= 15 is 0 Å². The number of fused-ring (bicyclic) bond motifs is 5. The van der Waals surface area contributed by atoms with E-state index in [0.717, 1.165) is 22.2 Å². The highest BCUT2D eigenvalue weighted by molar-refractivity contribution is 5.93. The van der Waals surface area contributed by atoms with Crippen LogP contribution in [0.3, 0.4) is 0 Å². The number of hydrogen-bond donors (Lipinski definition) is 3. The third-order valence-corrected chi connectivity index (χ3v) is 4.57. The largest absolute Gasteiger partial charge is 0.495 e. The fourth-order valence-electron chi connectivity index (χ4n) is 3.35. The van der Waals surface area contributed by atoms with Crippen LogP contribution in [0.2, 0.25) is 0 Å². The lowest BCUT2D eigenvalue weighted by Crippen LogP contribution is -2.10. The second-order valence-electron chi connectivity index (χ2n) is 5.85. The molecule has 2 heterocycles. The molecule has 0 radical (unpaired) electrons. The highest BCUT2D eigenvalue weighted by Crippen LogP contribution is 2.38. The molecular weight excluding hydrogens is 308 g/mol. The van der Waals surface area contributed by atoms with Gasteiger partial charge in [0.05, 0.1) is 37.9 Å². The molecule has 4 rings (SSSR count). The highest BCUT2D eigenvalue weighted by Gasteiger charge is 2.25. The molecule has 0 saturated carbocycles. The van der Waals surface area contributed by atoms with Crippen molar-refractivity contribution in [3.63, 3.8) is 0 Å². The van der Waals surface area contributed by atoms with Crippen LogP contribution in [0.4, 0.5) is 0 Å². The summed E-state index contributed by atoms with van der Waals surface area (Å²) in [6.07, 6.45) is 2.26. The lowest BCUT2D eigenvalue weighted by molar-refractivity contribution is 0.260. The first-order valence-corrected chi connectivity index (χ1v) is 7.62. The van der Waals surface area contributed by atoms with Gasteiger partial charge in [-0.3, -0.25) is 9.78 Å². The number of aliphatic hydroxyl groups is 2. The minimum Gasteiger partial charge on any atom is -0.495 e. The van der Waals surface area contributed by atoms with Crippen LogP contribution in [-0.4, -0.2) is 27.3 Å². The van der Waals surface area contributed by atoms with Crippen molar-refractivity contribution in [2.75, 3.05) is 7.11 Å². The first-order chi connectivity index (χ1) is 11.7. The topological polar surface area (TPSA) is 95.4 Å². The van der Waals surface area contributed by atoms with Crippen molar-refractivity contribution in [2.45, 2.75) is 19.6 Å². The number of nitrogens with one attached hydrogen (secondary N) is 1. The second-order valence-corrected chi connectivity index (χ2v) is 5.85. The minimum atomic E-state index is -0.228. The summed E-state index contributed by atoms with van der Waals surface area (Å²) in [6.45, 7) is -0.409. The molecule has 0 saturated heterocycles. The van der Waals surface area contributed by atoms with Crippen LogP contribution >= 0.6 is 0 Å². The summed E-state index contributed by atoms with van der Waals surface area (Å²) in [6, 6.07) is 5.36. The van der Waals surface area contributed by atoms with Crippen LogP contribution in [0.25, 0.3) is 22.2 Å². The average molecular weight is 324 g/mol. The lowest BCUT2D eigenvalue weighted by atomic mass is 9.98. The van der Waals surface area contributed by atoms with Crippen molar-refractivity contribution in [2.24, 2.45) is 0 Å². The number of methoxy groups -OCH3 is 1. The van der Waals surface area contributed by atoms with E-state index in [1.54, 1.807) is 25.4 Å². The van der Waals surface area contributed by atoms with Gasteiger partial charge in [-0.15, -0.1) is 0 Å². The molecule has 6 nitrogen and oxygen atoms in total. The molecule has 0 aliphatic heterocycles. The normalized spacial score (nSPS) is 12.3. The number of rotatable bonds is 3. The van der Waals surface area contributed by atoms with Gasteiger partial charge >= 0.3 is 0 Å². The van der Waals surface area contributed by atoms with E-state index in [4.69, 9.17) is 4.74 Å². The third kappa shape index (κ3) is 2.04. The van der Waals surface area contributed by atoms with Gasteiger partial charge in [-0.2, -0.15) is 0 Å². The first-order valence-electron chi connectivity index (χ1n) is 7.62. The van der Waals surface area contributed by atoms with Crippen molar-refractivity contribution in [3.8, 4) is 17.1 Å². The highest BCUT2D eigenvalue weighted by atomic mass is 16.5. The monoisotopic (exact) mass is 324 g/mol. The summed E-state index contributed by atoms with van der Waals surface area (Å²) in [5.74, 6) is 0.673. The fraction of sp³-hybridized carbons (Fsp3) is 0.222. The Hall–Kier alpha value is -2.70. The third-order valence-electron chi connectivity index (χ3n) is 4.57. The van der Waals surface area contributed by atoms with Gasteiger partial charge in [0.25, 0.3) is 5.56 Å². The van der Waals surface area contributed by atoms with Gasteiger partial charge in [0.2, 0.25) is 0 Å². The SMILES string of the molecule is COc1cnc2c(c1)Cc1c-2[nH]c(=O)c2cc(CO)c(CO)cc12. The summed E-state index contributed by atoms with van der Waals surface area (Å²) in [5.41, 5.74) is 4.38. The molecule has 0 atom stereocenters. The van der Waals surface area contributed by atoms with Crippen LogP contribution in [-0.2, 0) is 19.6 Å². The van der Waals surface area contributed by atoms with E-state index in [9.17, 15) is 15.0 Å². The predicted octanol–water partition coefficient (Wildman–Crippen LogP) is 1.49. The van der Waals surface area contributed by atoms with Crippen LogP contribution in [0, 0.1) is 0 Å². The first kappa shape index (κ1) is 14.9. The molecule has 0 amide bonds. The van der Waals surface area contributed by atoms with Gasteiger partial charge in [-0.1, -0.05) is 0 Å². The molecule has 6 heteroatoms. The van der Waals surface area contributed by atoms with E-state index in [-0.39, 0.29) is 18.8 Å². The average Bonchev–Trinajstić information content (AvgIpc) is 2.98. The molecule has 0 bridgehead atoms. The number of ether oxygens (including phenoxy) is 1. The Balaban J connectivity index is 2.02. The Kier molecular flexibility index (Phi) is 3.37. The Bertz CT molecular complexity index is 1020. The van der Waals surface area contributed by atoms with Crippen LogP contribution in [0.1, 0.15) is 22.3 Å². The van der Waals surface area contributed by atoms with Crippen molar-refractivity contribution >= 4 is 10.8 Å². The maximum atomic E-state index is 12.5. The zero-order chi connectivity index (χ0) is 16.8. The zero-order valence-corrected chi connectivity index (χ0v) is 13.1. The molecule has 122 valence electrons. The molecule has 3 aromatic rings. The molecule has 0 spiro atoms. The summed E-state index contributed by atoms with van der Waals surface area (Å²) in [5, 5.41) is 20.3. The predicted molar refractivity (Wildman–Crippen MR) is 89.0 cm³/mol. The maximum absolute atomic E-state index is 12.5. The van der Waals surface area contributed by atoms with Gasteiger partial charge in [0, 0.05) is 11.8 Å². The number of aliphatic hydroxyl groups excluding tert-OH is 2. The van der Waals surface area contributed by atoms with Gasteiger partial charge in [-0.05, 0) is 45.8 Å². The van der Waals surface area contributed by atoms with E-state index in [0.29, 0.717) is 34.4 Å². The Morgan fingerprint density at radius 3 is 2.54 bits per heavy atom. The number of pyridine rings is 2. The number of benzene rings is 1. The quantitative estimate of drug-likeness (QED) is 0.531. The van der Waals surface area contributed by atoms with Crippen LogP contribution in [0.15, 0.2) is 29.2 Å². The molecule has 0 unspecified atom stereocenters. The van der Waals surface area contributed by atoms with Crippen LogP contribution < -0.4 is 10.3 Å². The molecule has 1 aliphatic carbocycles. The zero-order valence-electron chi connectivity index (χ0n) is 13.1. The molecular formula is C18H16N2O4.